The van der Waals surface area contributed by atoms with Crippen LogP contribution in [0.4, 0.5) is 5.69 Å². The van der Waals surface area contributed by atoms with Gasteiger partial charge >= 0.3 is 0 Å². The lowest BCUT2D eigenvalue weighted by molar-refractivity contribution is -0.126. The molecule has 2 aromatic heterocycles. The van der Waals surface area contributed by atoms with Crippen molar-refractivity contribution in [3.05, 3.63) is 80.0 Å². The van der Waals surface area contributed by atoms with E-state index in [0.29, 0.717) is 48.6 Å². The summed E-state index contributed by atoms with van der Waals surface area (Å²) in [4.78, 5) is 61.3. The van der Waals surface area contributed by atoms with Gasteiger partial charge in [-0.1, -0.05) is 30.3 Å². The third-order valence-electron chi connectivity index (χ3n) is 6.36. The molecule has 0 aliphatic carbocycles. The molecule has 1 fully saturated rings. The number of nitrogens with zero attached hydrogens (tertiary/aromatic N) is 3. The quantitative estimate of drug-likeness (QED) is 0.383. The molecular weight excluding hydrogens is 420 g/mol. The molecule has 3 heterocycles. The fourth-order valence-electron chi connectivity index (χ4n) is 4.57. The Morgan fingerprint density at radius 3 is 2.36 bits per heavy atom. The van der Waals surface area contributed by atoms with Gasteiger partial charge in [-0.15, -0.1) is 0 Å². The summed E-state index contributed by atoms with van der Waals surface area (Å²) in [5, 5.41) is 0.718. The van der Waals surface area contributed by atoms with Crippen LogP contribution in [0.1, 0.15) is 21.6 Å². The molecule has 1 aliphatic rings. The number of carbonyl (C=O) groups excluding carboxylic acids is 2. The van der Waals surface area contributed by atoms with E-state index in [9.17, 15) is 19.2 Å². The largest absolute Gasteiger partial charge is 0.364 e. The normalized spacial score (nSPS) is 14.2. The van der Waals surface area contributed by atoms with Crippen LogP contribution in [0.25, 0.3) is 22.0 Å². The second kappa shape index (κ2) is 7.81. The van der Waals surface area contributed by atoms with E-state index in [4.69, 9.17) is 0 Å². The van der Waals surface area contributed by atoms with Gasteiger partial charge in [0.05, 0.1) is 22.3 Å². The van der Waals surface area contributed by atoms with Crippen molar-refractivity contribution in [3.8, 4) is 11.1 Å². The molecule has 1 saturated heterocycles. The number of carbonyl (C=O) groups is 2. The molecule has 5 rings (SSSR count). The summed E-state index contributed by atoms with van der Waals surface area (Å²) in [6, 6.07) is 9.10. The maximum absolute atomic E-state index is 13.0. The number of amides is 1. The summed E-state index contributed by atoms with van der Waals surface area (Å²) < 4.78 is 0. The highest BCUT2D eigenvalue weighted by Gasteiger charge is 2.33. The number of hydrogen-bond acceptors (Lipinski definition) is 6. The molecule has 1 amide bonds. The van der Waals surface area contributed by atoms with Gasteiger partial charge in [0.1, 0.15) is 5.69 Å². The number of aromatic amines is 1. The molecule has 8 nitrogen and oxygen atoms in total. The molecule has 33 heavy (non-hydrogen) atoms. The van der Waals surface area contributed by atoms with Crippen LogP contribution in [0.2, 0.25) is 0 Å². The SMILES string of the molecule is Cc1ncc(C)c2c(C(=O)C(=O)N3CCN(c4c(-c5ccccc5)c(=O)c4=O)CC3)c[nH]c12. The number of Topliss-reactive ketones (excluding diaryl/α,β-unsaturated/α-hetero) is 1. The lowest BCUT2D eigenvalue weighted by Crippen LogP contribution is -2.54. The fraction of sp³-hybridized carbons (Fsp3) is 0.240. The van der Waals surface area contributed by atoms with Crippen LogP contribution in [0.3, 0.4) is 0 Å². The van der Waals surface area contributed by atoms with E-state index in [1.807, 2.05) is 36.9 Å². The lowest BCUT2D eigenvalue weighted by atomic mass is 9.97. The van der Waals surface area contributed by atoms with Crippen molar-refractivity contribution in [3.63, 3.8) is 0 Å². The van der Waals surface area contributed by atoms with Gasteiger partial charge in [-0.2, -0.15) is 0 Å². The van der Waals surface area contributed by atoms with Gasteiger partial charge in [-0.05, 0) is 25.0 Å². The van der Waals surface area contributed by atoms with Gasteiger partial charge < -0.3 is 14.8 Å². The van der Waals surface area contributed by atoms with Crippen LogP contribution < -0.4 is 15.8 Å². The number of piperazine rings is 1. The number of benzene rings is 1. The first-order valence-corrected chi connectivity index (χ1v) is 10.8. The topological polar surface area (TPSA) is 103 Å². The zero-order chi connectivity index (χ0) is 23.3. The third-order valence-corrected chi connectivity index (χ3v) is 6.36. The van der Waals surface area contributed by atoms with Gasteiger partial charge in [0, 0.05) is 44.0 Å². The van der Waals surface area contributed by atoms with Crippen molar-refractivity contribution < 1.29 is 9.59 Å². The number of pyridine rings is 1. The minimum Gasteiger partial charge on any atom is -0.364 e. The Labute approximate surface area is 189 Å². The number of anilines is 1. The Morgan fingerprint density at radius 2 is 1.67 bits per heavy atom. The Morgan fingerprint density at radius 1 is 0.970 bits per heavy atom. The number of aromatic nitrogens is 2. The lowest BCUT2D eigenvalue weighted by Gasteiger charge is -2.36. The van der Waals surface area contributed by atoms with Crippen LogP contribution in [-0.4, -0.2) is 52.7 Å². The molecule has 0 spiro atoms. The smallest absolute Gasteiger partial charge is 0.295 e. The van der Waals surface area contributed by atoms with Gasteiger partial charge in [0.15, 0.2) is 0 Å². The molecule has 0 radical (unpaired) electrons. The molecular formula is C25H22N4O4. The van der Waals surface area contributed by atoms with Gasteiger partial charge in [-0.3, -0.25) is 24.2 Å². The van der Waals surface area contributed by atoms with E-state index >= 15 is 0 Å². The Bertz CT molecular complexity index is 1470. The van der Waals surface area contributed by atoms with Crippen molar-refractivity contribution in [2.45, 2.75) is 13.8 Å². The van der Waals surface area contributed by atoms with Crippen LogP contribution >= 0.6 is 0 Å². The monoisotopic (exact) mass is 442 g/mol. The molecule has 0 unspecified atom stereocenters. The predicted octanol–water partition coefficient (Wildman–Crippen LogP) is 1.97. The van der Waals surface area contributed by atoms with Crippen molar-refractivity contribution in [2.24, 2.45) is 0 Å². The molecule has 1 aliphatic heterocycles. The molecule has 0 atom stereocenters. The fourth-order valence-corrected chi connectivity index (χ4v) is 4.57. The summed E-state index contributed by atoms with van der Waals surface area (Å²) >= 11 is 0. The predicted molar refractivity (Wildman–Crippen MR) is 125 cm³/mol. The second-order valence-electron chi connectivity index (χ2n) is 8.34. The highest BCUT2D eigenvalue weighted by Crippen LogP contribution is 2.28. The number of aryl methyl sites for hydroxylation is 2. The molecule has 0 saturated carbocycles. The maximum Gasteiger partial charge on any atom is 0.295 e. The Hall–Kier alpha value is -4.07. The maximum atomic E-state index is 13.0. The highest BCUT2D eigenvalue weighted by atomic mass is 16.2. The van der Waals surface area contributed by atoms with E-state index in [-0.39, 0.29) is 0 Å². The van der Waals surface area contributed by atoms with E-state index in [1.165, 1.54) is 4.90 Å². The van der Waals surface area contributed by atoms with E-state index in [1.54, 1.807) is 24.5 Å². The van der Waals surface area contributed by atoms with Crippen molar-refractivity contribution in [1.82, 2.24) is 14.9 Å². The Kier molecular flexibility index (Phi) is 4.92. The summed E-state index contributed by atoms with van der Waals surface area (Å²) in [7, 11) is 0. The van der Waals surface area contributed by atoms with Crippen LogP contribution in [-0.2, 0) is 4.79 Å². The van der Waals surface area contributed by atoms with Crippen molar-refractivity contribution in [1.29, 1.82) is 0 Å². The van der Waals surface area contributed by atoms with Crippen LogP contribution in [0.15, 0.2) is 52.3 Å². The standard InChI is InChI=1S/C25H22N4O4/c1-14-12-26-15(2)20-18(14)17(13-27-20)22(30)25(33)29-10-8-28(9-11-29)21-19(23(31)24(21)32)16-6-4-3-5-7-16/h3-7,12-13,27H,8-11H2,1-2H3. The summed E-state index contributed by atoms with van der Waals surface area (Å²) in [6.07, 6.45) is 3.26. The first-order valence-electron chi connectivity index (χ1n) is 10.8. The molecule has 0 bridgehead atoms. The second-order valence-corrected chi connectivity index (χ2v) is 8.34. The number of fused-ring (bicyclic) bond motifs is 1. The number of nitrogens with one attached hydrogen (secondary N) is 1. The summed E-state index contributed by atoms with van der Waals surface area (Å²) in [5.41, 5.74) is 3.25. The molecule has 1 N–H and O–H groups in total. The van der Waals surface area contributed by atoms with Gasteiger partial charge in [0.2, 0.25) is 10.9 Å². The average Bonchev–Trinajstić information content (AvgIpc) is 3.30. The molecule has 4 aromatic rings. The number of hydrogen-bond donors (Lipinski definition) is 1. The molecule has 166 valence electrons. The molecule has 2 aromatic carbocycles. The minimum absolute atomic E-state index is 0.291. The minimum atomic E-state index is -0.572. The summed E-state index contributed by atoms with van der Waals surface area (Å²) in [5.74, 6) is -1.14. The third kappa shape index (κ3) is 3.26. The highest BCUT2D eigenvalue weighted by molar-refractivity contribution is 6.45. The van der Waals surface area contributed by atoms with E-state index < -0.39 is 22.5 Å². The summed E-state index contributed by atoms with van der Waals surface area (Å²) in [6.45, 7) is 5.04. The zero-order valence-electron chi connectivity index (χ0n) is 18.3. The first-order chi connectivity index (χ1) is 15.9. The van der Waals surface area contributed by atoms with Gasteiger partial charge in [0.25, 0.3) is 11.7 Å². The van der Waals surface area contributed by atoms with Crippen molar-refractivity contribution >= 4 is 28.3 Å². The number of H-pyrrole nitrogens is 1. The van der Waals surface area contributed by atoms with Crippen molar-refractivity contribution in [2.75, 3.05) is 31.1 Å². The Balaban J connectivity index is 1.34. The van der Waals surface area contributed by atoms with Crippen LogP contribution in [0, 0.1) is 13.8 Å². The number of rotatable bonds is 4. The van der Waals surface area contributed by atoms with E-state index in [2.05, 4.69) is 9.97 Å². The first kappa shape index (κ1) is 20.8. The van der Waals surface area contributed by atoms with Crippen LogP contribution in [0.5, 0.6) is 0 Å². The zero-order valence-corrected chi connectivity index (χ0v) is 18.3. The average molecular weight is 442 g/mol. The van der Waals surface area contributed by atoms with E-state index in [0.717, 1.165) is 22.2 Å². The van der Waals surface area contributed by atoms with Gasteiger partial charge in [-0.25, -0.2) is 0 Å². The molecule has 8 heteroatoms. The number of ketones is 1.